The number of carbonyl (C=O) groups is 2. The van der Waals surface area contributed by atoms with Gasteiger partial charge < -0.3 is 10.2 Å². The average Bonchev–Trinajstić information content (AvgIpc) is 2.44. The molecule has 4 nitrogen and oxygen atoms in total. The Hall–Kier alpha value is -0.437. The topological polar surface area (TPSA) is 74.6 Å². The quantitative estimate of drug-likeness (QED) is 0.257. The Morgan fingerprint density at radius 1 is 0.556 bits per heavy atom. The van der Waals surface area contributed by atoms with Crippen molar-refractivity contribution in [2.45, 2.75) is 119 Å². The maximum Gasteiger partial charge on any atom is 0.303 e. The molecule has 5 heteroatoms. The van der Waals surface area contributed by atoms with Crippen LogP contribution in [0.5, 0.6) is 0 Å². The largest absolute Gasteiger partial charge is 0.481 e. The zero-order valence-corrected chi connectivity index (χ0v) is 21.9. The van der Waals surface area contributed by atoms with Crippen LogP contribution in [0.4, 0.5) is 0 Å². The van der Waals surface area contributed by atoms with Crippen LogP contribution < -0.4 is 0 Å². The van der Waals surface area contributed by atoms with Crippen molar-refractivity contribution in [3.63, 3.8) is 0 Å². The molecule has 0 aromatic heterocycles. The number of aliphatic carboxylic acids is 2. The van der Waals surface area contributed by atoms with Gasteiger partial charge >= 0.3 is 11.9 Å². The summed E-state index contributed by atoms with van der Waals surface area (Å²) >= 11 is 0. The van der Waals surface area contributed by atoms with Gasteiger partial charge in [0, 0.05) is 32.3 Å². The molecular weight excluding hydrogens is 394 g/mol. The van der Waals surface area contributed by atoms with Gasteiger partial charge in [-0.25, -0.2) is 0 Å². The normalized spacial score (nSPS) is 11.2. The molecule has 0 heterocycles. The van der Waals surface area contributed by atoms with E-state index in [0.717, 1.165) is 25.7 Å². The Morgan fingerprint density at radius 2 is 0.815 bits per heavy atom. The van der Waals surface area contributed by atoms with Crippen LogP contribution >= 0.6 is 0 Å². The number of carboxylic acid groups (broad SMARTS) is 2. The molecule has 0 rings (SSSR count). The molecule has 0 unspecified atom stereocenters. The van der Waals surface area contributed by atoms with E-state index >= 15 is 0 Å². The third kappa shape index (κ3) is 37.1. The molecule has 0 fully saturated rings. The third-order valence-electron chi connectivity index (χ3n) is 4.13. The molecular formula is C22H44O4Zn. The standard InChI is InChI=1S/2C11H22O2.Zn/c2*1-11(2,3)9-7-5-4-6-8-10(12)13;/h2*4-9H2,1-3H3,(H,12,13);. The summed E-state index contributed by atoms with van der Waals surface area (Å²) in [4.78, 5) is 20.4. The summed E-state index contributed by atoms with van der Waals surface area (Å²) < 4.78 is 0. The average molecular weight is 438 g/mol. The SMILES string of the molecule is CC(C)(C)CCCCCCC(=O)O.CC(C)(C)CCCCCCC(=O)O.[Zn]. The summed E-state index contributed by atoms with van der Waals surface area (Å²) in [6.07, 6.45) is 11.7. The molecule has 158 valence electrons. The van der Waals surface area contributed by atoms with E-state index in [1.165, 1.54) is 38.5 Å². The monoisotopic (exact) mass is 436 g/mol. The second-order valence-electron chi connectivity index (χ2n) is 9.74. The van der Waals surface area contributed by atoms with Crippen molar-refractivity contribution in [1.82, 2.24) is 0 Å². The van der Waals surface area contributed by atoms with E-state index in [1.807, 2.05) is 0 Å². The number of rotatable bonds is 12. The van der Waals surface area contributed by atoms with Crippen LogP contribution in [0.15, 0.2) is 0 Å². The van der Waals surface area contributed by atoms with Crippen molar-refractivity contribution >= 4 is 11.9 Å². The van der Waals surface area contributed by atoms with Gasteiger partial charge in [-0.1, -0.05) is 80.1 Å². The van der Waals surface area contributed by atoms with Crippen LogP contribution in [0.25, 0.3) is 0 Å². The second kappa shape index (κ2) is 17.6. The van der Waals surface area contributed by atoms with Crippen LogP contribution in [0.1, 0.15) is 119 Å². The van der Waals surface area contributed by atoms with E-state index < -0.39 is 11.9 Å². The van der Waals surface area contributed by atoms with Gasteiger partial charge in [0.05, 0.1) is 0 Å². The zero-order chi connectivity index (χ0) is 20.6. The summed E-state index contributed by atoms with van der Waals surface area (Å²) in [6, 6.07) is 0. The van der Waals surface area contributed by atoms with Gasteiger partial charge in [0.1, 0.15) is 0 Å². The van der Waals surface area contributed by atoms with E-state index in [0.29, 0.717) is 23.7 Å². The minimum atomic E-state index is -0.671. The van der Waals surface area contributed by atoms with Crippen molar-refractivity contribution in [2.24, 2.45) is 10.8 Å². The first-order chi connectivity index (χ1) is 11.8. The Balaban J connectivity index is -0.000000411. The van der Waals surface area contributed by atoms with Crippen LogP contribution in [0.3, 0.4) is 0 Å². The van der Waals surface area contributed by atoms with Gasteiger partial charge in [0.15, 0.2) is 0 Å². The molecule has 0 amide bonds. The van der Waals surface area contributed by atoms with E-state index in [2.05, 4.69) is 41.5 Å². The molecule has 0 aromatic carbocycles. The van der Waals surface area contributed by atoms with E-state index in [-0.39, 0.29) is 19.5 Å². The molecule has 0 saturated carbocycles. The predicted molar refractivity (Wildman–Crippen MR) is 110 cm³/mol. The maximum absolute atomic E-state index is 10.2. The Bertz CT molecular complexity index is 331. The Kier molecular flexibility index (Phi) is 20.4. The molecule has 0 saturated heterocycles. The van der Waals surface area contributed by atoms with Crippen LogP contribution in [0, 0.1) is 10.8 Å². The van der Waals surface area contributed by atoms with Crippen molar-refractivity contribution in [1.29, 1.82) is 0 Å². The first-order valence-electron chi connectivity index (χ1n) is 10.3. The minimum absolute atomic E-state index is 0. The number of hydrogen-bond donors (Lipinski definition) is 2. The zero-order valence-electron chi connectivity index (χ0n) is 18.9. The molecule has 0 atom stereocenters. The fraction of sp³-hybridized carbons (Fsp3) is 0.909. The van der Waals surface area contributed by atoms with Crippen molar-refractivity contribution in [3.05, 3.63) is 0 Å². The van der Waals surface area contributed by atoms with Crippen LogP contribution in [-0.2, 0) is 29.1 Å². The fourth-order valence-electron chi connectivity index (χ4n) is 2.57. The van der Waals surface area contributed by atoms with Crippen molar-refractivity contribution < 1.29 is 39.3 Å². The first kappa shape index (κ1) is 31.3. The first-order valence-corrected chi connectivity index (χ1v) is 10.3. The van der Waals surface area contributed by atoms with Gasteiger partial charge in [-0.15, -0.1) is 0 Å². The molecule has 27 heavy (non-hydrogen) atoms. The van der Waals surface area contributed by atoms with Gasteiger partial charge in [-0.2, -0.15) is 0 Å². The van der Waals surface area contributed by atoms with Crippen LogP contribution in [0.2, 0.25) is 0 Å². The number of carboxylic acids is 2. The van der Waals surface area contributed by atoms with E-state index in [9.17, 15) is 9.59 Å². The second-order valence-corrected chi connectivity index (χ2v) is 9.74. The predicted octanol–water partition coefficient (Wildman–Crippen LogP) is 6.91. The molecule has 0 aliphatic carbocycles. The summed E-state index contributed by atoms with van der Waals surface area (Å²) in [5.74, 6) is -1.34. The smallest absolute Gasteiger partial charge is 0.303 e. The number of hydrogen-bond acceptors (Lipinski definition) is 2. The van der Waals surface area contributed by atoms with E-state index in [1.54, 1.807) is 0 Å². The van der Waals surface area contributed by atoms with Crippen molar-refractivity contribution in [3.8, 4) is 0 Å². The van der Waals surface area contributed by atoms with E-state index in [4.69, 9.17) is 10.2 Å². The molecule has 0 radical (unpaired) electrons. The third-order valence-corrected chi connectivity index (χ3v) is 4.13. The Morgan fingerprint density at radius 3 is 1.04 bits per heavy atom. The molecule has 0 bridgehead atoms. The molecule has 0 aliphatic heterocycles. The summed E-state index contributed by atoms with van der Waals surface area (Å²) in [6.45, 7) is 13.4. The summed E-state index contributed by atoms with van der Waals surface area (Å²) in [7, 11) is 0. The molecule has 0 aliphatic rings. The maximum atomic E-state index is 10.2. The fourth-order valence-corrected chi connectivity index (χ4v) is 2.57. The van der Waals surface area contributed by atoms with Gasteiger partial charge in [-0.3, -0.25) is 9.59 Å². The molecule has 2 N–H and O–H groups in total. The van der Waals surface area contributed by atoms with Crippen molar-refractivity contribution in [2.75, 3.05) is 0 Å². The number of unbranched alkanes of at least 4 members (excludes halogenated alkanes) is 6. The van der Waals surface area contributed by atoms with Gasteiger partial charge in [0.25, 0.3) is 0 Å². The summed E-state index contributed by atoms with van der Waals surface area (Å²) in [5.41, 5.74) is 0.847. The Labute approximate surface area is 180 Å². The molecule has 0 spiro atoms. The van der Waals surface area contributed by atoms with Gasteiger partial charge in [-0.05, 0) is 36.5 Å². The minimum Gasteiger partial charge on any atom is -0.481 e. The van der Waals surface area contributed by atoms with Crippen LogP contribution in [-0.4, -0.2) is 22.2 Å². The van der Waals surface area contributed by atoms with Gasteiger partial charge in [0.2, 0.25) is 0 Å². The summed E-state index contributed by atoms with van der Waals surface area (Å²) in [5, 5.41) is 16.8. The molecule has 0 aromatic rings.